The molecule has 1 rings (SSSR count). The first kappa shape index (κ1) is 14.6. The number of carbonyl (C=O) groups is 1. The number of hydrogen-bond donors (Lipinski definition) is 3. The summed E-state index contributed by atoms with van der Waals surface area (Å²) in [5.41, 5.74) is 1.92. The summed E-state index contributed by atoms with van der Waals surface area (Å²) in [6.07, 6.45) is -2.69. The third-order valence-corrected chi connectivity index (χ3v) is 2.81. The molecule has 1 aromatic rings. The van der Waals surface area contributed by atoms with Crippen LogP contribution in [-0.4, -0.2) is 34.5 Å². The summed E-state index contributed by atoms with van der Waals surface area (Å²) in [4.78, 5) is 11.0. The SMILES string of the molecule is COC(=O)CC(O)C(O)c1cc(CO)ccc1C. The lowest BCUT2D eigenvalue weighted by Gasteiger charge is -2.19. The summed E-state index contributed by atoms with van der Waals surface area (Å²) in [5.74, 6) is -0.586. The maximum atomic E-state index is 11.0. The van der Waals surface area contributed by atoms with Crippen LogP contribution in [-0.2, 0) is 16.1 Å². The number of aryl methyl sites for hydroxylation is 1. The van der Waals surface area contributed by atoms with Crippen molar-refractivity contribution in [2.24, 2.45) is 0 Å². The molecule has 0 bridgehead atoms. The first-order chi connectivity index (χ1) is 8.49. The molecule has 0 fully saturated rings. The van der Waals surface area contributed by atoms with Crippen molar-refractivity contribution in [3.05, 3.63) is 34.9 Å². The molecule has 0 spiro atoms. The quantitative estimate of drug-likeness (QED) is 0.664. The Morgan fingerprint density at radius 2 is 2.06 bits per heavy atom. The van der Waals surface area contributed by atoms with Gasteiger partial charge < -0.3 is 20.1 Å². The lowest BCUT2D eigenvalue weighted by molar-refractivity contribution is -0.144. The monoisotopic (exact) mass is 254 g/mol. The van der Waals surface area contributed by atoms with Gasteiger partial charge in [-0.05, 0) is 23.6 Å². The number of hydrogen-bond acceptors (Lipinski definition) is 5. The zero-order chi connectivity index (χ0) is 13.7. The fourth-order valence-electron chi connectivity index (χ4n) is 1.68. The Labute approximate surface area is 106 Å². The van der Waals surface area contributed by atoms with Gasteiger partial charge in [0.2, 0.25) is 0 Å². The van der Waals surface area contributed by atoms with Crippen LogP contribution in [0.1, 0.15) is 29.2 Å². The van der Waals surface area contributed by atoms with E-state index in [1.807, 2.05) is 0 Å². The maximum absolute atomic E-state index is 11.0. The molecule has 1 aromatic carbocycles. The van der Waals surface area contributed by atoms with Crippen LogP contribution in [0.3, 0.4) is 0 Å². The average molecular weight is 254 g/mol. The minimum atomic E-state index is -1.23. The van der Waals surface area contributed by atoms with Crippen molar-refractivity contribution in [3.63, 3.8) is 0 Å². The van der Waals surface area contributed by atoms with Gasteiger partial charge in [0, 0.05) is 0 Å². The van der Waals surface area contributed by atoms with Crippen LogP contribution in [0, 0.1) is 6.92 Å². The fourth-order valence-corrected chi connectivity index (χ4v) is 1.68. The minimum absolute atomic E-state index is 0.146. The standard InChI is InChI=1S/C13H18O5/c1-8-3-4-9(7-14)5-10(8)13(17)11(15)6-12(16)18-2/h3-5,11,13-15,17H,6-7H2,1-2H3. The summed E-state index contributed by atoms with van der Waals surface area (Å²) < 4.78 is 4.43. The van der Waals surface area contributed by atoms with Crippen molar-refractivity contribution in [3.8, 4) is 0 Å². The Morgan fingerprint density at radius 1 is 1.39 bits per heavy atom. The molecule has 0 aliphatic heterocycles. The van der Waals surface area contributed by atoms with E-state index in [1.165, 1.54) is 7.11 Å². The van der Waals surface area contributed by atoms with E-state index in [-0.39, 0.29) is 13.0 Å². The van der Waals surface area contributed by atoms with Gasteiger partial charge in [0.1, 0.15) is 6.10 Å². The van der Waals surface area contributed by atoms with Crippen molar-refractivity contribution in [1.82, 2.24) is 0 Å². The Hall–Kier alpha value is -1.43. The fraction of sp³-hybridized carbons (Fsp3) is 0.462. The lowest BCUT2D eigenvalue weighted by atomic mass is 9.96. The van der Waals surface area contributed by atoms with Crippen molar-refractivity contribution in [1.29, 1.82) is 0 Å². The minimum Gasteiger partial charge on any atom is -0.469 e. The van der Waals surface area contributed by atoms with Gasteiger partial charge in [0.05, 0.1) is 26.2 Å². The summed E-state index contributed by atoms with van der Waals surface area (Å²) in [6, 6.07) is 5.09. The number of benzene rings is 1. The van der Waals surface area contributed by atoms with Gasteiger partial charge in [-0.3, -0.25) is 4.79 Å². The molecule has 0 heterocycles. The Balaban J connectivity index is 2.88. The molecule has 3 N–H and O–H groups in total. The highest BCUT2D eigenvalue weighted by Crippen LogP contribution is 2.24. The predicted molar refractivity (Wildman–Crippen MR) is 64.7 cm³/mol. The van der Waals surface area contributed by atoms with E-state index in [9.17, 15) is 15.0 Å². The van der Waals surface area contributed by atoms with Gasteiger partial charge in [-0.25, -0.2) is 0 Å². The Kier molecular flexibility index (Phi) is 5.27. The summed E-state index contributed by atoms with van der Waals surface area (Å²) in [5, 5.41) is 28.8. The molecule has 0 amide bonds. The highest BCUT2D eigenvalue weighted by Gasteiger charge is 2.23. The zero-order valence-corrected chi connectivity index (χ0v) is 10.5. The summed E-state index contributed by atoms with van der Waals surface area (Å²) in [7, 11) is 1.22. The van der Waals surface area contributed by atoms with Crippen LogP contribution in [0.5, 0.6) is 0 Å². The molecule has 18 heavy (non-hydrogen) atoms. The van der Waals surface area contributed by atoms with E-state index >= 15 is 0 Å². The number of carbonyl (C=O) groups excluding carboxylic acids is 1. The van der Waals surface area contributed by atoms with Gasteiger partial charge in [0.15, 0.2) is 0 Å². The molecule has 5 nitrogen and oxygen atoms in total. The molecule has 0 aliphatic rings. The Morgan fingerprint density at radius 3 is 2.61 bits per heavy atom. The van der Waals surface area contributed by atoms with Crippen LogP contribution in [0.4, 0.5) is 0 Å². The highest BCUT2D eigenvalue weighted by atomic mass is 16.5. The molecular formula is C13H18O5. The van der Waals surface area contributed by atoms with E-state index in [0.29, 0.717) is 11.1 Å². The van der Waals surface area contributed by atoms with Crippen molar-refractivity contribution < 1.29 is 24.9 Å². The lowest BCUT2D eigenvalue weighted by Crippen LogP contribution is -2.23. The van der Waals surface area contributed by atoms with E-state index < -0.39 is 18.2 Å². The Bertz CT molecular complexity index is 416. The second-order valence-corrected chi connectivity index (χ2v) is 4.14. The average Bonchev–Trinajstić information content (AvgIpc) is 2.38. The molecule has 0 saturated heterocycles. The van der Waals surface area contributed by atoms with Crippen LogP contribution < -0.4 is 0 Å². The maximum Gasteiger partial charge on any atom is 0.308 e. The highest BCUT2D eigenvalue weighted by molar-refractivity contribution is 5.69. The second kappa shape index (κ2) is 6.49. The number of aliphatic hydroxyl groups excluding tert-OH is 3. The van der Waals surface area contributed by atoms with Gasteiger partial charge in [-0.2, -0.15) is 0 Å². The molecule has 0 saturated carbocycles. The molecule has 100 valence electrons. The largest absolute Gasteiger partial charge is 0.469 e. The summed E-state index contributed by atoms with van der Waals surface area (Å²) >= 11 is 0. The van der Waals surface area contributed by atoms with Crippen molar-refractivity contribution in [2.75, 3.05) is 7.11 Å². The van der Waals surface area contributed by atoms with Crippen LogP contribution in [0.15, 0.2) is 18.2 Å². The third kappa shape index (κ3) is 3.53. The third-order valence-electron chi connectivity index (χ3n) is 2.81. The molecule has 5 heteroatoms. The molecule has 2 unspecified atom stereocenters. The number of aliphatic hydroxyl groups is 3. The molecule has 2 atom stereocenters. The van der Waals surface area contributed by atoms with Crippen LogP contribution in [0.2, 0.25) is 0 Å². The van der Waals surface area contributed by atoms with E-state index in [0.717, 1.165) is 5.56 Å². The van der Waals surface area contributed by atoms with Crippen molar-refractivity contribution >= 4 is 5.97 Å². The normalized spacial score (nSPS) is 14.1. The number of methoxy groups -OCH3 is 1. The van der Waals surface area contributed by atoms with Gasteiger partial charge in [0.25, 0.3) is 0 Å². The molecular weight excluding hydrogens is 236 g/mol. The number of ether oxygens (including phenoxy) is 1. The van der Waals surface area contributed by atoms with E-state index in [4.69, 9.17) is 5.11 Å². The topological polar surface area (TPSA) is 87.0 Å². The van der Waals surface area contributed by atoms with E-state index in [2.05, 4.69) is 4.74 Å². The van der Waals surface area contributed by atoms with Gasteiger partial charge in [-0.15, -0.1) is 0 Å². The predicted octanol–water partition coefficient (Wildman–Crippen LogP) is 0.445. The number of esters is 1. The first-order valence-electron chi connectivity index (χ1n) is 5.62. The smallest absolute Gasteiger partial charge is 0.308 e. The zero-order valence-electron chi connectivity index (χ0n) is 10.5. The van der Waals surface area contributed by atoms with Gasteiger partial charge in [-0.1, -0.05) is 18.2 Å². The molecule has 0 radical (unpaired) electrons. The molecule has 0 aromatic heterocycles. The van der Waals surface area contributed by atoms with Crippen LogP contribution >= 0.6 is 0 Å². The van der Waals surface area contributed by atoms with E-state index in [1.54, 1.807) is 25.1 Å². The summed E-state index contributed by atoms with van der Waals surface area (Å²) in [6.45, 7) is 1.64. The van der Waals surface area contributed by atoms with Crippen molar-refractivity contribution in [2.45, 2.75) is 32.2 Å². The van der Waals surface area contributed by atoms with Gasteiger partial charge >= 0.3 is 5.97 Å². The molecule has 0 aliphatic carbocycles. The second-order valence-electron chi connectivity index (χ2n) is 4.14. The first-order valence-corrected chi connectivity index (χ1v) is 5.62. The number of rotatable bonds is 5. The van der Waals surface area contributed by atoms with Crippen LogP contribution in [0.25, 0.3) is 0 Å².